The van der Waals surface area contributed by atoms with Crippen LogP contribution in [-0.2, 0) is 21.0 Å². The van der Waals surface area contributed by atoms with Crippen molar-refractivity contribution in [1.29, 1.82) is 0 Å². The molecule has 0 N–H and O–H groups in total. The fraction of sp³-hybridized carbons (Fsp3) is 0.364. The van der Waals surface area contributed by atoms with E-state index in [2.05, 4.69) is 5.16 Å². The highest BCUT2D eigenvalue weighted by molar-refractivity contribution is 5.91. The van der Waals surface area contributed by atoms with E-state index >= 15 is 0 Å². The standard InChI is InChI=1S/C22H25FN2O4/c1-27-21-15-25(22(26)12-14-28-19-9-7-18(23)8-10-19)13-11-20(21)24-29-16-17-5-3-2-4-6-17/h2-10,21H,11-16H2,1H3/b24-20+. The topological polar surface area (TPSA) is 60.4 Å². The van der Waals surface area contributed by atoms with E-state index < -0.39 is 0 Å². The Kier molecular flexibility index (Phi) is 7.58. The molecule has 0 aliphatic carbocycles. The summed E-state index contributed by atoms with van der Waals surface area (Å²) >= 11 is 0. The molecule has 1 fully saturated rings. The normalized spacial score (nSPS) is 17.9. The Bertz CT molecular complexity index is 811. The van der Waals surface area contributed by atoms with Crippen molar-refractivity contribution in [3.8, 4) is 5.75 Å². The van der Waals surface area contributed by atoms with Crippen LogP contribution in [0.15, 0.2) is 59.8 Å². The molecule has 0 saturated carbocycles. The highest BCUT2D eigenvalue weighted by Crippen LogP contribution is 2.15. The van der Waals surface area contributed by atoms with Gasteiger partial charge in [-0.25, -0.2) is 4.39 Å². The number of likely N-dealkylation sites (tertiary alicyclic amines) is 1. The number of carbonyl (C=O) groups excluding carboxylic acids is 1. The van der Waals surface area contributed by atoms with E-state index in [4.69, 9.17) is 14.3 Å². The van der Waals surface area contributed by atoms with Gasteiger partial charge in [-0.05, 0) is 29.8 Å². The van der Waals surface area contributed by atoms with Gasteiger partial charge in [-0.3, -0.25) is 4.79 Å². The maximum Gasteiger partial charge on any atom is 0.226 e. The molecule has 1 saturated heterocycles. The number of halogens is 1. The summed E-state index contributed by atoms with van der Waals surface area (Å²) in [5.41, 5.74) is 1.84. The molecular formula is C22H25FN2O4. The first-order chi connectivity index (χ1) is 14.2. The van der Waals surface area contributed by atoms with E-state index in [1.807, 2.05) is 30.3 Å². The lowest BCUT2D eigenvalue weighted by Crippen LogP contribution is -2.48. The molecule has 1 heterocycles. The summed E-state index contributed by atoms with van der Waals surface area (Å²) in [4.78, 5) is 19.7. The fourth-order valence-corrected chi connectivity index (χ4v) is 3.06. The summed E-state index contributed by atoms with van der Waals surface area (Å²) < 4.78 is 23.9. The van der Waals surface area contributed by atoms with Crippen LogP contribution in [0, 0.1) is 5.82 Å². The van der Waals surface area contributed by atoms with E-state index in [0.29, 0.717) is 31.9 Å². The molecule has 1 amide bonds. The minimum absolute atomic E-state index is 0.0154. The smallest absolute Gasteiger partial charge is 0.226 e. The average Bonchev–Trinajstić information content (AvgIpc) is 2.76. The van der Waals surface area contributed by atoms with Crippen LogP contribution in [0.4, 0.5) is 4.39 Å². The van der Waals surface area contributed by atoms with Gasteiger partial charge >= 0.3 is 0 Å². The largest absolute Gasteiger partial charge is 0.493 e. The van der Waals surface area contributed by atoms with Crippen LogP contribution < -0.4 is 4.74 Å². The van der Waals surface area contributed by atoms with Crippen LogP contribution in [-0.4, -0.2) is 49.4 Å². The molecule has 2 aromatic rings. The zero-order valence-corrected chi connectivity index (χ0v) is 16.4. The molecule has 1 unspecified atom stereocenters. The molecule has 7 heteroatoms. The predicted molar refractivity (Wildman–Crippen MR) is 107 cm³/mol. The van der Waals surface area contributed by atoms with Crippen LogP contribution in [0.5, 0.6) is 5.75 Å². The fourth-order valence-electron chi connectivity index (χ4n) is 3.06. The molecule has 154 valence electrons. The average molecular weight is 400 g/mol. The SMILES string of the molecule is COC1CN(C(=O)CCOc2ccc(F)cc2)CC/C1=N\OCc1ccccc1. The van der Waals surface area contributed by atoms with Crippen molar-refractivity contribution in [2.45, 2.75) is 25.6 Å². The van der Waals surface area contributed by atoms with Gasteiger partial charge in [0.2, 0.25) is 5.91 Å². The first kappa shape index (κ1) is 20.8. The van der Waals surface area contributed by atoms with Gasteiger partial charge in [0.15, 0.2) is 0 Å². The first-order valence-corrected chi connectivity index (χ1v) is 9.57. The summed E-state index contributed by atoms with van der Waals surface area (Å²) in [6.07, 6.45) is 0.546. The van der Waals surface area contributed by atoms with Gasteiger partial charge in [0, 0.05) is 20.1 Å². The van der Waals surface area contributed by atoms with Crippen LogP contribution in [0.25, 0.3) is 0 Å². The van der Waals surface area contributed by atoms with E-state index in [9.17, 15) is 9.18 Å². The maximum atomic E-state index is 12.9. The second-order valence-electron chi connectivity index (χ2n) is 6.71. The Morgan fingerprint density at radius 1 is 1.17 bits per heavy atom. The van der Waals surface area contributed by atoms with Crippen LogP contribution in [0.1, 0.15) is 18.4 Å². The molecular weight excluding hydrogens is 375 g/mol. The van der Waals surface area contributed by atoms with Crippen molar-refractivity contribution in [3.05, 3.63) is 66.0 Å². The molecule has 0 spiro atoms. The van der Waals surface area contributed by atoms with E-state index in [0.717, 1.165) is 11.3 Å². The molecule has 1 atom stereocenters. The number of carbonyl (C=O) groups is 1. The monoisotopic (exact) mass is 400 g/mol. The molecule has 0 aromatic heterocycles. The Labute approximate surface area is 169 Å². The molecule has 2 aromatic carbocycles. The van der Waals surface area contributed by atoms with Gasteiger partial charge in [-0.1, -0.05) is 35.5 Å². The Morgan fingerprint density at radius 2 is 1.93 bits per heavy atom. The van der Waals surface area contributed by atoms with Crippen molar-refractivity contribution in [2.24, 2.45) is 5.16 Å². The van der Waals surface area contributed by atoms with Gasteiger partial charge in [-0.15, -0.1) is 0 Å². The van der Waals surface area contributed by atoms with Gasteiger partial charge in [0.1, 0.15) is 24.3 Å². The number of benzene rings is 2. The lowest BCUT2D eigenvalue weighted by atomic mass is 10.1. The summed E-state index contributed by atoms with van der Waals surface area (Å²) in [5, 5.41) is 4.23. The molecule has 1 aliphatic rings. The Hall–Kier alpha value is -2.93. The zero-order valence-electron chi connectivity index (χ0n) is 16.4. The minimum atomic E-state index is -0.322. The summed E-state index contributed by atoms with van der Waals surface area (Å²) in [5.74, 6) is 0.202. The van der Waals surface area contributed by atoms with Crippen molar-refractivity contribution >= 4 is 11.6 Å². The third kappa shape index (κ3) is 6.29. The van der Waals surface area contributed by atoms with Gasteiger partial charge in [0.05, 0.1) is 25.3 Å². The minimum Gasteiger partial charge on any atom is -0.493 e. The van der Waals surface area contributed by atoms with E-state index in [1.165, 1.54) is 12.1 Å². The number of ether oxygens (including phenoxy) is 2. The van der Waals surface area contributed by atoms with Crippen molar-refractivity contribution in [1.82, 2.24) is 4.90 Å². The highest BCUT2D eigenvalue weighted by Gasteiger charge is 2.28. The molecule has 0 bridgehead atoms. The highest BCUT2D eigenvalue weighted by atomic mass is 19.1. The number of piperidine rings is 1. The lowest BCUT2D eigenvalue weighted by Gasteiger charge is -2.32. The number of methoxy groups -OCH3 is 1. The maximum absolute atomic E-state index is 12.9. The molecule has 3 rings (SSSR count). The second kappa shape index (κ2) is 10.6. The summed E-state index contributed by atoms with van der Waals surface area (Å²) in [6, 6.07) is 15.5. The summed E-state index contributed by atoms with van der Waals surface area (Å²) in [7, 11) is 1.60. The summed E-state index contributed by atoms with van der Waals surface area (Å²) in [6.45, 7) is 1.62. The first-order valence-electron chi connectivity index (χ1n) is 9.57. The molecule has 6 nitrogen and oxygen atoms in total. The number of amides is 1. The van der Waals surface area contributed by atoms with E-state index in [1.54, 1.807) is 24.1 Å². The van der Waals surface area contributed by atoms with E-state index in [-0.39, 0.29) is 30.9 Å². The third-order valence-electron chi connectivity index (χ3n) is 4.69. The number of rotatable bonds is 8. The van der Waals surface area contributed by atoms with Gasteiger partial charge < -0.3 is 19.2 Å². The van der Waals surface area contributed by atoms with Crippen molar-refractivity contribution in [2.75, 3.05) is 26.8 Å². The quantitative estimate of drug-likeness (QED) is 0.637. The number of hydrogen-bond donors (Lipinski definition) is 0. The second-order valence-corrected chi connectivity index (χ2v) is 6.71. The van der Waals surface area contributed by atoms with Gasteiger partial charge in [-0.2, -0.15) is 0 Å². The number of oxime groups is 1. The van der Waals surface area contributed by atoms with Crippen LogP contribution >= 0.6 is 0 Å². The van der Waals surface area contributed by atoms with Crippen LogP contribution in [0.3, 0.4) is 0 Å². The molecule has 0 radical (unpaired) electrons. The number of hydrogen-bond acceptors (Lipinski definition) is 5. The molecule has 1 aliphatic heterocycles. The third-order valence-corrected chi connectivity index (χ3v) is 4.69. The van der Waals surface area contributed by atoms with Crippen LogP contribution in [0.2, 0.25) is 0 Å². The lowest BCUT2D eigenvalue weighted by molar-refractivity contribution is -0.133. The Balaban J connectivity index is 1.44. The molecule has 29 heavy (non-hydrogen) atoms. The predicted octanol–water partition coefficient (Wildman–Crippen LogP) is 3.41. The Morgan fingerprint density at radius 3 is 2.66 bits per heavy atom. The van der Waals surface area contributed by atoms with Gasteiger partial charge in [0.25, 0.3) is 0 Å². The number of nitrogens with zero attached hydrogens (tertiary/aromatic N) is 2. The van der Waals surface area contributed by atoms with Crippen molar-refractivity contribution < 1.29 is 23.5 Å². The zero-order chi connectivity index (χ0) is 20.5. The van der Waals surface area contributed by atoms with Crippen molar-refractivity contribution in [3.63, 3.8) is 0 Å².